The van der Waals surface area contributed by atoms with E-state index in [1.807, 2.05) is 18.2 Å². The Hall–Kier alpha value is -1.86. The van der Waals surface area contributed by atoms with E-state index in [0.717, 1.165) is 34.6 Å². The molecule has 1 aromatic heterocycles. The number of hydrogen-bond acceptors (Lipinski definition) is 6. The summed E-state index contributed by atoms with van der Waals surface area (Å²) in [5.74, 6) is 8.26. The van der Waals surface area contributed by atoms with Gasteiger partial charge in [-0.2, -0.15) is 0 Å². The second-order valence-electron chi connectivity index (χ2n) is 4.42. The van der Waals surface area contributed by atoms with Gasteiger partial charge in [0.2, 0.25) is 0 Å². The summed E-state index contributed by atoms with van der Waals surface area (Å²) in [5.41, 5.74) is 3.46. The molecule has 2 aromatic rings. The molecule has 0 atom stereocenters. The predicted octanol–water partition coefficient (Wildman–Crippen LogP) is 3.23. The Labute approximate surface area is 132 Å². The zero-order valence-corrected chi connectivity index (χ0v) is 13.6. The minimum absolute atomic E-state index is 0.587. The molecule has 0 radical (unpaired) electrons. The molecule has 0 amide bonds. The highest BCUT2D eigenvalue weighted by Crippen LogP contribution is 2.29. The zero-order valence-electron chi connectivity index (χ0n) is 12.0. The van der Waals surface area contributed by atoms with Crippen LogP contribution in [0.2, 0.25) is 0 Å². The first-order chi connectivity index (χ1) is 10.2. The lowest BCUT2D eigenvalue weighted by Gasteiger charge is -2.11. The zero-order chi connectivity index (χ0) is 15.2. The third kappa shape index (κ3) is 4.05. The van der Waals surface area contributed by atoms with Crippen molar-refractivity contribution in [1.82, 2.24) is 9.97 Å². The van der Waals surface area contributed by atoms with Crippen molar-refractivity contribution in [1.29, 1.82) is 0 Å². The van der Waals surface area contributed by atoms with Gasteiger partial charge >= 0.3 is 0 Å². The van der Waals surface area contributed by atoms with E-state index >= 15 is 0 Å². The Kier molecular flexibility index (Phi) is 5.35. The van der Waals surface area contributed by atoms with Crippen LogP contribution in [0.1, 0.15) is 19.2 Å². The van der Waals surface area contributed by atoms with Crippen LogP contribution in [-0.2, 0) is 6.42 Å². The lowest BCUT2D eigenvalue weighted by Crippen LogP contribution is -2.11. The van der Waals surface area contributed by atoms with Crippen molar-refractivity contribution in [2.45, 2.75) is 19.8 Å². The van der Waals surface area contributed by atoms with Gasteiger partial charge in [0.15, 0.2) is 0 Å². The maximum atomic E-state index is 5.45. The molecule has 0 unspecified atom stereocenters. The van der Waals surface area contributed by atoms with E-state index < -0.39 is 0 Å². The van der Waals surface area contributed by atoms with Crippen molar-refractivity contribution >= 4 is 33.3 Å². The van der Waals surface area contributed by atoms with Crippen LogP contribution in [0.3, 0.4) is 0 Å². The summed E-state index contributed by atoms with van der Waals surface area (Å²) in [7, 11) is 1.63. The first-order valence-electron chi connectivity index (χ1n) is 6.61. The number of benzene rings is 1. The van der Waals surface area contributed by atoms with E-state index in [1.165, 1.54) is 0 Å². The van der Waals surface area contributed by atoms with Crippen LogP contribution in [0.4, 0.5) is 17.3 Å². The molecule has 7 heteroatoms. The number of nitrogens with one attached hydrogen (secondary N) is 2. The van der Waals surface area contributed by atoms with Crippen LogP contribution in [0.25, 0.3) is 0 Å². The van der Waals surface area contributed by atoms with Crippen molar-refractivity contribution in [3.63, 3.8) is 0 Å². The number of nitrogen functional groups attached to an aromatic ring is 1. The minimum Gasteiger partial charge on any atom is -0.496 e. The summed E-state index contributed by atoms with van der Waals surface area (Å²) in [6.45, 7) is 2.08. The van der Waals surface area contributed by atoms with E-state index in [0.29, 0.717) is 11.6 Å². The Morgan fingerprint density at radius 3 is 2.62 bits per heavy atom. The van der Waals surface area contributed by atoms with Crippen LogP contribution >= 0.6 is 15.9 Å². The Morgan fingerprint density at radius 1 is 1.24 bits per heavy atom. The fourth-order valence-electron chi connectivity index (χ4n) is 1.86. The van der Waals surface area contributed by atoms with Crippen molar-refractivity contribution in [3.05, 3.63) is 34.6 Å². The third-order valence-corrected chi connectivity index (χ3v) is 3.44. The van der Waals surface area contributed by atoms with Gasteiger partial charge in [0, 0.05) is 18.2 Å². The second kappa shape index (κ2) is 7.24. The number of nitrogens with two attached hydrogens (primary N) is 1. The molecule has 2 rings (SSSR count). The predicted molar refractivity (Wildman–Crippen MR) is 87.8 cm³/mol. The molecular formula is C14H18BrN5O. The molecule has 0 saturated heterocycles. The first-order valence-corrected chi connectivity index (χ1v) is 7.40. The largest absolute Gasteiger partial charge is 0.496 e. The maximum absolute atomic E-state index is 5.45. The number of hydrogen-bond donors (Lipinski definition) is 3. The smallest absolute Gasteiger partial charge is 0.145 e. The van der Waals surface area contributed by atoms with Crippen molar-refractivity contribution in [2.75, 3.05) is 17.9 Å². The summed E-state index contributed by atoms with van der Waals surface area (Å²) < 4.78 is 6.08. The standard InChI is InChI=1S/C14H18BrN5O/c1-3-4-12-18-13(8-14(19-12)20-16)17-9-5-6-11(21-2)10(15)7-9/h5-8H,3-4,16H2,1-2H3,(H2,17,18,19,20). The highest BCUT2D eigenvalue weighted by atomic mass is 79.9. The number of hydrazine groups is 1. The lowest BCUT2D eigenvalue weighted by molar-refractivity contribution is 0.412. The fraction of sp³-hybridized carbons (Fsp3) is 0.286. The van der Waals surface area contributed by atoms with Gasteiger partial charge in [0.25, 0.3) is 0 Å². The van der Waals surface area contributed by atoms with Gasteiger partial charge in [0.05, 0.1) is 11.6 Å². The Bertz CT molecular complexity index is 620. The van der Waals surface area contributed by atoms with Crippen LogP contribution < -0.4 is 21.3 Å². The number of halogens is 1. The van der Waals surface area contributed by atoms with Gasteiger partial charge in [-0.25, -0.2) is 15.8 Å². The SMILES string of the molecule is CCCc1nc(NN)cc(Nc2ccc(OC)c(Br)c2)n1. The molecule has 1 heterocycles. The molecule has 0 spiro atoms. The molecule has 0 bridgehead atoms. The van der Waals surface area contributed by atoms with Crippen LogP contribution in [0.5, 0.6) is 5.75 Å². The summed E-state index contributed by atoms with van der Waals surface area (Å²) in [6.07, 6.45) is 1.78. The Balaban J connectivity index is 2.25. The summed E-state index contributed by atoms with van der Waals surface area (Å²) in [6, 6.07) is 7.48. The molecule has 0 aliphatic rings. The summed E-state index contributed by atoms with van der Waals surface area (Å²) in [4.78, 5) is 8.79. The molecule has 6 nitrogen and oxygen atoms in total. The third-order valence-electron chi connectivity index (χ3n) is 2.82. The van der Waals surface area contributed by atoms with Gasteiger partial charge in [-0.1, -0.05) is 6.92 Å². The van der Waals surface area contributed by atoms with Gasteiger partial charge < -0.3 is 15.5 Å². The van der Waals surface area contributed by atoms with Crippen molar-refractivity contribution in [3.8, 4) is 5.75 Å². The summed E-state index contributed by atoms with van der Waals surface area (Å²) >= 11 is 3.46. The minimum atomic E-state index is 0.587. The van der Waals surface area contributed by atoms with E-state index in [4.69, 9.17) is 10.6 Å². The van der Waals surface area contributed by atoms with Gasteiger partial charge in [0.1, 0.15) is 23.2 Å². The van der Waals surface area contributed by atoms with Crippen LogP contribution in [0.15, 0.2) is 28.7 Å². The molecule has 0 aliphatic heterocycles. The highest BCUT2D eigenvalue weighted by Gasteiger charge is 2.06. The first kappa shape index (κ1) is 15.5. The fourth-order valence-corrected chi connectivity index (χ4v) is 2.40. The monoisotopic (exact) mass is 351 g/mol. The van der Waals surface area contributed by atoms with Gasteiger partial charge in [-0.15, -0.1) is 0 Å². The highest BCUT2D eigenvalue weighted by molar-refractivity contribution is 9.10. The van der Waals surface area contributed by atoms with E-state index in [1.54, 1.807) is 13.2 Å². The average molecular weight is 352 g/mol. The van der Waals surface area contributed by atoms with Crippen molar-refractivity contribution < 1.29 is 4.74 Å². The molecule has 0 aliphatic carbocycles. The van der Waals surface area contributed by atoms with Gasteiger partial charge in [-0.05, 0) is 40.5 Å². The van der Waals surface area contributed by atoms with E-state index in [9.17, 15) is 0 Å². The second-order valence-corrected chi connectivity index (χ2v) is 5.28. The number of aryl methyl sites for hydroxylation is 1. The molecule has 4 N–H and O–H groups in total. The molecule has 0 saturated carbocycles. The number of nitrogens with zero attached hydrogens (tertiary/aromatic N) is 2. The number of ether oxygens (including phenoxy) is 1. The number of anilines is 3. The molecule has 1 aromatic carbocycles. The molecular weight excluding hydrogens is 334 g/mol. The van der Waals surface area contributed by atoms with Crippen LogP contribution in [-0.4, -0.2) is 17.1 Å². The lowest BCUT2D eigenvalue weighted by atomic mass is 10.3. The molecule has 21 heavy (non-hydrogen) atoms. The van der Waals surface area contributed by atoms with E-state index in [-0.39, 0.29) is 0 Å². The quantitative estimate of drug-likeness (QED) is 0.547. The number of rotatable bonds is 6. The molecule has 112 valence electrons. The maximum Gasteiger partial charge on any atom is 0.145 e. The molecule has 0 fully saturated rings. The summed E-state index contributed by atoms with van der Waals surface area (Å²) in [5, 5.41) is 3.24. The van der Waals surface area contributed by atoms with Gasteiger partial charge in [-0.3, -0.25) is 0 Å². The number of aromatic nitrogens is 2. The van der Waals surface area contributed by atoms with Crippen molar-refractivity contribution in [2.24, 2.45) is 5.84 Å². The topological polar surface area (TPSA) is 85.1 Å². The normalized spacial score (nSPS) is 10.3. The van der Waals surface area contributed by atoms with Crippen LogP contribution in [0, 0.1) is 0 Å². The Morgan fingerprint density at radius 2 is 2.00 bits per heavy atom. The number of methoxy groups -OCH3 is 1. The van der Waals surface area contributed by atoms with E-state index in [2.05, 4.69) is 43.6 Å². The average Bonchev–Trinajstić information content (AvgIpc) is 2.47.